The fourth-order valence-electron chi connectivity index (χ4n) is 1.48. The van der Waals surface area contributed by atoms with Crippen LogP contribution in [0.3, 0.4) is 0 Å². The van der Waals surface area contributed by atoms with Crippen molar-refractivity contribution in [3.63, 3.8) is 0 Å². The third-order valence-corrected chi connectivity index (χ3v) is 2.84. The van der Waals surface area contributed by atoms with Crippen molar-refractivity contribution in [2.75, 3.05) is 0 Å². The van der Waals surface area contributed by atoms with Gasteiger partial charge >= 0.3 is 0 Å². The molecule has 0 radical (unpaired) electrons. The number of hydrogen-bond donors (Lipinski definition) is 3. The Kier molecular flexibility index (Phi) is 2.66. The third-order valence-electron chi connectivity index (χ3n) is 2.16. The molecule has 0 saturated heterocycles. The van der Waals surface area contributed by atoms with Gasteiger partial charge in [-0.3, -0.25) is 0 Å². The van der Waals surface area contributed by atoms with Crippen LogP contribution in [0.5, 0.6) is 0 Å². The van der Waals surface area contributed by atoms with Crippen molar-refractivity contribution in [1.29, 1.82) is 0 Å². The Hall–Kier alpha value is -1.44. The first-order valence-electron chi connectivity index (χ1n) is 4.70. The van der Waals surface area contributed by atoms with E-state index < -0.39 is 16.3 Å². The lowest BCUT2D eigenvalue weighted by Gasteiger charge is -2.07. The lowest BCUT2D eigenvalue weighted by atomic mass is 10.3. The molecule has 4 N–H and O–H groups in total. The van der Waals surface area contributed by atoms with Gasteiger partial charge in [0.05, 0.1) is 17.1 Å². The SMILES string of the molecule is CC(NS(N)(=O)=O)c1nc2ccccc2[nH]1. The van der Waals surface area contributed by atoms with Gasteiger partial charge in [-0.15, -0.1) is 0 Å². The number of fused-ring (bicyclic) bond motifs is 1. The quantitative estimate of drug-likeness (QED) is 0.724. The molecule has 0 amide bonds. The maximum atomic E-state index is 10.9. The van der Waals surface area contributed by atoms with Gasteiger partial charge in [0, 0.05) is 0 Å². The maximum absolute atomic E-state index is 10.9. The number of imidazole rings is 1. The largest absolute Gasteiger partial charge is 0.341 e. The van der Waals surface area contributed by atoms with Crippen LogP contribution in [0.15, 0.2) is 24.3 Å². The highest BCUT2D eigenvalue weighted by Crippen LogP contribution is 2.15. The van der Waals surface area contributed by atoms with E-state index in [4.69, 9.17) is 5.14 Å². The predicted molar refractivity (Wildman–Crippen MR) is 60.8 cm³/mol. The van der Waals surface area contributed by atoms with Gasteiger partial charge in [0.2, 0.25) is 0 Å². The van der Waals surface area contributed by atoms with E-state index >= 15 is 0 Å². The summed E-state index contributed by atoms with van der Waals surface area (Å²) >= 11 is 0. The van der Waals surface area contributed by atoms with Crippen LogP contribution in [0.2, 0.25) is 0 Å². The van der Waals surface area contributed by atoms with Gasteiger partial charge in [-0.1, -0.05) is 12.1 Å². The molecule has 0 spiro atoms. The van der Waals surface area contributed by atoms with Crippen LogP contribution < -0.4 is 9.86 Å². The van der Waals surface area contributed by atoms with Crippen LogP contribution in [0.1, 0.15) is 18.8 Å². The summed E-state index contributed by atoms with van der Waals surface area (Å²) in [6, 6.07) is 6.98. The van der Waals surface area contributed by atoms with Gasteiger partial charge in [0.15, 0.2) is 0 Å². The first-order chi connectivity index (χ1) is 7.46. The molecule has 0 fully saturated rings. The second kappa shape index (κ2) is 3.85. The minimum Gasteiger partial charge on any atom is -0.341 e. The number of hydrogen-bond acceptors (Lipinski definition) is 3. The molecule has 0 saturated carbocycles. The average Bonchev–Trinajstić information content (AvgIpc) is 2.58. The van der Waals surface area contributed by atoms with Gasteiger partial charge in [-0.2, -0.15) is 13.1 Å². The Morgan fingerprint density at radius 1 is 1.44 bits per heavy atom. The van der Waals surface area contributed by atoms with Gasteiger partial charge in [0.1, 0.15) is 5.82 Å². The summed E-state index contributed by atoms with van der Waals surface area (Å²) < 4.78 is 24.0. The van der Waals surface area contributed by atoms with Crippen LogP contribution in [-0.4, -0.2) is 18.4 Å². The number of H-pyrrole nitrogens is 1. The van der Waals surface area contributed by atoms with Crippen LogP contribution >= 0.6 is 0 Å². The van der Waals surface area contributed by atoms with E-state index in [0.717, 1.165) is 11.0 Å². The molecule has 1 aromatic carbocycles. The number of nitrogens with two attached hydrogens (primary N) is 1. The van der Waals surface area contributed by atoms with Crippen molar-refractivity contribution in [2.45, 2.75) is 13.0 Å². The Balaban J connectivity index is 2.33. The molecule has 0 aliphatic heterocycles. The molecule has 1 heterocycles. The summed E-state index contributed by atoms with van der Waals surface area (Å²) in [4.78, 5) is 7.28. The highest BCUT2D eigenvalue weighted by Gasteiger charge is 2.14. The Labute approximate surface area is 93.1 Å². The Morgan fingerprint density at radius 2 is 2.12 bits per heavy atom. The van der Waals surface area contributed by atoms with Gasteiger partial charge < -0.3 is 4.98 Å². The van der Waals surface area contributed by atoms with E-state index in [0.29, 0.717) is 5.82 Å². The molecule has 0 aliphatic carbocycles. The Morgan fingerprint density at radius 3 is 2.75 bits per heavy atom. The van der Waals surface area contributed by atoms with Gasteiger partial charge in [-0.25, -0.2) is 10.1 Å². The number of rotatable bonds is 3. The number of aromatic amines is 1. The summed E-state index contributed by atoms with van der Waals surface area (Å²) in [5, 5.41) is 4.89. The van der Waals surface area contributed by atoms with Crippen molar-refractivity contribution < 1.29 is 8.42 Å². The smallest absolute Gasteiger partial charge is 0.275 e. The molecular formula is C9H12N4O2S. The fraction of sp³-hybridized carbons (Fsp3) is 0.222. The minimum absolute atomic E-state index is 0.484. The van der Waals surface area contributed by atoms with E-state index in [9.17, 15) is 8.42 Å². The number of benzene rings is 1. The maximum Gasteiger partial charge on any atom is 0.275 e. The monoisotopic (exact) mass is 240 g/mol. The van der Waals surface area contributed by atoms with Crippen molar-refractivity contribution in [2.24, 2.45) is 5.14 Å². The number of nitrogens with one attached hydrogen (secondary N) is 2. The zero-order valence-corrected chi connectivity index (χ0v) is 9.45. The normalized spacial score (nSPS) is 14.1. The number of aromatic nitrogens is 2. The van der Waals surface area contributed by atoms with E-state index in [1.165, 1.54) is 0 Å². The molecule has 1 unspecified atom stereocenters. The van der Waals surface area contributed by atoms with Crippen molar-refractivity contribution in [3.05, 3.63) is 30.1 Å². The molecule has 1 aromatic heterocycles. The zero-order chi connectivity index (χ0) is 11.8. The highest BCUT2D eigenvalue weighted by atomic mass is 32.2. The van der Waals surface area contributed by atoms with Crippen LogP contribution in [-0.2, 0) is 10.2 Å². The fourth-order valence-corrected chi connectivity index (χ4v) is 2.08. The summed E-state index contributed by atoms with van der Waals surface area (Å²) in [5.74, 6) is 0.537. The van der Waals surface area contributed by atoms with Gasteiger partial charge in [-0.05, 0) is 19.1 Å². The van der Waals surface area contributed by atoms with Crippen molar-refractivity contribution in [3.8, 4) is 0 Å². The molecule has 2 aromatic rings. The topological polar surface area (TPSA) is 101 Å². The molecule has 0 aliphatic rings. The number of para-hydroxylation sites is 2. The lowest BCUT2D eigenvalue weighted by Crippen LogP contribution is -2.33. The van der Waals surface area contributed by atoms with Crippen LogP contribution in [0.25, 0.3) is 11.0 Å². The van der Waals surface area contributed by atoms with Gasteiger partial charge in [0.25, 0.3) is 10.2 Å². The van der Waals surface area contributed by atoms with Crippen LogP contribution in [0.4, 0.5) is 0 Å². The second-order valence-corrected chi connectivity index (χ2v) is 4.85. The lowest BCUT2D eigenvalue weighted by molar-refractivity contribution is 0.563. The van der Waals surface area contributed by atoms with Crippen molar-refractivity contribution in [1.82, 2.24) is 14.7 Å². The number of nitrogens with zero attached hydrogens (tertiary/aromatic N) is 1. The second-order valence-electron chi connectivity index (χ2n) is 3.52. The standard InChI is InChI=1S/C9H12N4O2S/c1-6(13-16(10,14)15)9-11-7-4-2-3-5-8(7)12-9/h2-6,13H,1H3,(H,11,12)(H2,10,14,15). The minimum atomic E-state index is -3.72. The highest BCUT2D eigenvalue weighted by molar-refractivity contribution is 7.87. The molecule has 1 atom stereocenters. The molecule has 86 valence electrons. The molecular weight excluding hydrogens is 228 g/mol. The summed E-state index contributed by atoms with van der Waals surface area (Å²) in [6.45, 7) is 1.67. The summed E-state index contributed by atoms with van der Waals surface area (Å²) in [5.41, 5.74) is 1.65. The van der Waals surface area contributed by atoms with Crippen molar-refractivity contribution >= 4 is 21.2 Å². The van der Waals surface area contributed by atoms with Crippen LogP contribution in [0, 0.1) is 0 Å². The first kappa shape index (κ1) is 11.1. The molecule has 16 heavy (non-hydrogen) atoms. The summed E-state index contributed by atoms with van der Waals surface area (Å²) in [7, 11) is -3.72. The van der Waals surface area contributed by atoms with E-state index in [2.05, 4.69) is 14.7 Å². The zero-order valence-electron chi connectivity index (χ0n) is 8.64. The molecule has 0 bridgehead atoms. The average molecular weight is 240 g/mol. The predicted octanol–water partition coefficient (Wildman–Crippen LogP) is 0.417. The Bertz CT molecular complexity index is 572. The van der Waals surface area contributed by atoms with E-state index in [1.54, 1.807) is 6.92 Å². The van der Waals surface area contributed by atoms with E-state index in [-0.39, 0.29) is 0 Å². The third kappa shape index (κ3) is 2.38. The van der Waals surface area contributed by atoms with E-state index in [1.807, 2.05) is 24.3 Å². The molecule has 2 rings (SSSR count). The molecule has 7 heteroatoms. The molecule has 6 nitrogen and oxygen atoms in total. The first-order valence-corrected chi connectivity index (χ1v) is 6.25. The summed E-state index contributed by atoms with van der Waals surface area (Å²) in [6.07, 6.45) is 0.